The second-order valence-corrected chi connectivity index (χ2v) is 5.41. The number of thiocarbonyl (C=S) groups is 1. The summed E-state index contributed by atoms with van der Waals surface area (Å²) in [7, 11) is 0. The van der Waals surface area contributed by atoms with E-state index < -0.39 is 0 Å². The van der Waals surface area contributed by atoms with E-state index in [2.05, 4.69) is 0 Å². The fourth-order valence-electron chi connectivity index (χ4n) is 1.81. The lowest BCUT2D eigenvalue weighted by Crippen LogP contribution is -2.32. The molecule has 0 fully saturated rings. The number of anilines is 3. The van der Waals surface area contributed by atoms with E-state index in [9.17, 15) is 0 Å². The summed E-state index contributed by atoms with van der Waals surface area (Å²) in [6.07, 6.45) is 0. The maximum Gasteiger partial charge on any atom is 0.175 e. The van der Waals surface area contributed by atoms with Crippen LogP contribution in [0.3, 0.4) is 0 Å². The molecule has 0 saturated carbocycles. The third-order valence-electron chi connectivity index (χ3n) is 2.65. The molecule has 0 spiro atoms. The molecule has 19 heavy (non-hydrogen) atoms. The molecule has 4 nitrogen and oxygen atoms in total. The smallest absolute Gasteiger partial charge is 0.175 e. The van der Waals surface area contributed by atoms with Gasteiger partial charge in [-0.25, -0.2) is 0 Å². The molecule has 100 valence electrons. The molecule has 7 heteroatoms. The first-order valence-corrected chi connectivity index (χ1v) is 7.17. The van der Waals surface area contributed by atoms with Gasteiger partial charge in [-0.2, -0.15) is 0 Å². The first-order valence-electron chi connectivity index (χ1n) is 5.45. The SMILES string of the molecule is NCc1cccc(Cl)c1N(C(N)=S)c1cscc1N. The van der Waals surface area contributed by atoms with E-state index in [1.165, 1.54) is 11.3 Å². The molecule has 0 radical (unpaired) electrons. The Morgan fingerprint density at radius 3 is 2.63 bits per heavy atom. The van der Waals surface area contributed by atoms with Gasteiger partial charge in [0.15, 0.2) is 5.11 Å². The molecular formula is C12H13ClN4S2. The van der Waals surface area contributed by atoms with Gasteiger partial charge in [0.2, 0.25) is 0 Å². The van der Waals surface area contributed by atoms with Crippen LogP contribution in [0.1, 0.15) is 5.56 Å². The van der Waals surface area contributed by atoms with Crippen molar-refractivity contribution in [3.63, 3.8) is 0 Å². The Morgan fingerprint density at radius 1 is 1.37 bits per heavy atom. The van der Waals surface area contributed by atoms with Gasteiger partial charge in [0.05, 0.1) is 22.1 Å². The van der Waals surface area contributed by atoms with Crippen LogP contribution in [0.25, 0.3) is 0 Å². The number of halogens is 1. The molecule has 1 heterocycles. The van der Waals surface area contributed by atoms with Gasteiger partial charge >= 0.3 is 0 Å². The van der Waals surface area contributed by atoms with E-state index in [0.29, 0.717) is 22.9 Å². The van der Waals surface area contributed by atoms with Crippen LogP contribution in [0.15, 0.2) is 29.0 Å². The fourth-order valence-corrected chi connectivity index (χ4v) is 2.98. The quantitative estimate of drug-likeness (QED) is 0.759. The van der Waals surface area contributed by atoms with Gasteiger partial charge in [-0.3, -0.25) is 4.90 Å². The van der Waals surface area contributed by atoms with E-state index >= 15 is 0 Å². The van der Waals surface area contributed by atoms with Crippen LogP contribution in [-0.4, -0.2) is 5.11 Å². The minimum Gasteiger partial charge on any atom is -0.396 e. The highest BCUT2D eigenvalue weighted by atomic mass is 35.5. The first kappa shape index (κ1) is 14.1. The summed E-state index contributed by atoms with van der Waals surface area (Å²) in [6, 6.07) is 5.49. The van der Waals surface area contributed by atoms with E-state index in [1.54, 1.807) is 11.0 Å². The zero-order valence-corrected chi connectivity index (χ0v) is 12.4. The minimum atomic E-state index is 0.174. The van der Waals surface area contributed by atoms with Crippen molar-refractivity contribution < 1.29 is 0 Å². The van der Waals surface area contributed by atoms with Crippen molar-refractivity contribution in [3.05, 3.63) is 39.5 Å². The van der Waals surface area contributed by atoms with Gasteiger partial charge in [-0.1, -0.05) is 23.7 Å². The molecule has 0 aliphatic heterocycles. The third-order valence-corrected chi connectivity index (χ3v) is 3.88. The molecule has 6 N–H and O–H groups in total. The lowest BCUT2D eigenvalue weighted by atomic mass is 10.1. The van der Waals surface area contributed by atoms with Gasteiger partial charge in [0.25, 0.3) is 0 Å². The number of rotatable bonds is 3. The summed E-state index contributed by atoms with van der Waals surface area (Å²) in [6.45, 7) is 0.332. The molecule has 2 rings (SSSR count). The van der Waals surface area contributed by atoms with Gasteiger partial charge in [0.1, 0.15) is 0 Å². The van der Waals surface area contributed by atoms with Crippen LogP contribution >= 0.6 is 35.2 Å². The number of hydrogen-bond donors (Lipinski definition) is 3. The van der Waals surface area contributed by atoms with Gasteiger partial charge in [-0.05, 0) is 23.8 Å². The van der Waals surface area contributed by atoms with Crippen LogP contribution < -0.4 is 22.1 Å². The molecule has 2 aromatic rings. The summed E-state index contributed by atoms with van der Waals surface area (Å²) >= 11 is 12.9. The molecule has 0 atom stereocenters. The first-order chi connectivity index (χ1) is 9.06. The van der Waals surface area contributed by atoms with Crippen molar-refractivity contribution in [1.29, 1.82) is 0 Å². The third kappa shape index (κ3) is 2.66. The molecule has 0 saturated heterocycles. The number of thiophene rings is 1. The van der Waals surface area contributed by atoms with Gasteiger partial charge in [0, 0.05) is 17.3 Å². The minimum absolute atomic E-state index is 0.174. The Kier molecular flexibility index (Phi) is 4.26. The number of para-hydroxylation sites is 1. The zero-order valence-electron chi connectivity index (χ0n) is 9.97. The van der Waals surface area contributed by atoms with Crippen LogP contribution in [-0.2, 0) is 6.54 Å². The molecule has 0 aliphatic rings. The number of benzene rings is 1. The predicted octanol–water partition coefficient (Wildman–Crippen LogP) is 2.82. The highest BCUT2D eigenvalue weighted by molar-refractivity contribution is 7.80. The summed E-state index contributed by atoms with van der Waals surface area (Å²) in [4.78, 5) is 1.66. The summed E-state index contributed by atoms with van der Waals surface area (Å²) < 4.78 is 0. The molecule has 0 aliphatic carbocycles. The molecule has 0 unspecified atom stereocenters. The van der Waals surface area contributed by atoms with E-state index in [-0.39, 0.29) is 5.11 Å². The monoisotopic (exact) mass is 312 g/mol. The maximum atomic E-state index is 6.27. The van der Waals surface area contributed by atoms with Crippen LogP contribution in [0.5, 0.6) is 0 Å². The van der Waals surface area contributed by atoms with Crippen molar-refractivity contribution in [2.24, 2.45) is 11.5 Å². The molecule has 1 aromatic heterocycles. The van der Waals surface area contributed by atoms with Crippen LogP contribution in [0.4, 0.5) is 17.1 Å². The predicted molar refractivity (Wildman–Crippen MR) is 87.0 cm³/mol. The maximum absolute atomic E-state index is 6.27. The molecule has 0 bridgehead atoms. The van der Waals surface area contributed by atoms with E-state index in [0.717, 1.165) is 11.3 Å². The number of nitrogen functional groups attached to an aromatic ring is 1. The lowest BCUT2D eigenvalue weighted by molar-refractivity contribution is 1.06. The fraction of sp³-hybridized carbons (Fsp3) is 0.0833. The average Bonchev–Trinajstić information content (AvgIpc) is 2.78. The van der Waals surface area contributed by atoms with Crippen molar-refractivity contribution in [2.45, 2.75) is 6.54 Å². The van der Waals surface area contributed by atoms with Crippen molar-refractivity contribution in [3.8, 4) is 0 Å². The molecular weight excluding hydrogens is 300 g/mol. The van der Waals surface area contributed by atoms with Crippen molar-refractivity contribution in [1.82, 2.24) is 0 Å². The zero-order chi connectivity index (χ0) is 14.0. The largest absolute Gasteiger partial charge is 0.396 e. The van der Waals surface area contributed by atoms with Gasteiger partial charge in [-0.15, -0.1) is 11.3 Å². The van der Waals surface area contributed by atoms with E-state index in [4.69, 9.17) is 41.0 Å². The highest BCUT2D eigenvalue weighted by Gasteiger charge is 2.21. The Labute approximate surface area is 125 Å². The topological polar surface area (TPSA) is 81.3 Å². The summed E-state index contributed by atoms with van der Waals surface area (Å²) in [5.41, 5.74) is 20.4. The van der Waals surface area contributed by atoms with Crippen molar-refractivity contribution >= 4 is 57.3 Å². The number of nitrogens with two attached hydrogens (primary N) is 3. The Morgan fingerprint density at radius 2 is 2.11 bits per heavy atom. The Hall–Kier alpha value is -1.34. The molecule has 1 aromatic carbocycles. The Balaban J connectivity index is 2.65. The number of hydrogen-bond acceptors (Lipinski definition) is 4. The summed E-state index contributed by atoms with van der Waals surface area (Å²) in [5.74, 6) is 0. The van der Waals surface area contributed by atoms with E-state index in [1.807, 2.05) is 22.9 Å². The number of nitrogens with zero attached hydrogens (tertiary/aromatic N) is 1. The lowest BCUT2D eigenvalue weighted by Gasteiger charge is -2.26. The second kappa shape index (κ2) is 5.75. The normalized spacial score (nSPS) is 10.4. The highest BCUT2D eigenvalue weighted by Crippen LogP contribution is 2.39. The molecule has 0 amide bonds. The van der Waals surface area contributed by atoms with Crippen LogP contribution in [0, 0.1) is 0 Å². The second-order valence-electron chi connectivity index (χ2n) is 3.84. The standard InChI is InChI=1S/C12H13ClN4S2/c13-8-3-1-2-7(4-14)11(8)17(12(16)18)10-6-19-5-9(10)15/h1-3,5-6H,4,14-15H2,(H2,16,18). The Bertz CT molecular complexity index is 612. The van der Waals surface area contributed by atoms with Crippen molar-refractivity contribution in [2.75, 3.05) is 10.6 Å². The summed E-state index contributed by atoms with van der Waals surface area (Å²) in [5, 5.41) is 4.40. The van der Waals surface area contributed by atoms with Gasteiger partial charge < -0.3 is 17.2 Å². The average molecular weight is 313 g/mol. The van der Waals surface area contributed by atoms with Crippen LogP contribution in [0.2, 0.25) is 5.02 Å².